The van der Waals surface area contributed by atoms with E-state index in [1.54, 1.807) is 11.5 Å². The lowest BCUT2D eigenvalue weighted by Crippen LogP contribution is -2.42. The van der Waals surface area contributed by atoms with Crippen molar-refractivity contribution in [2.24, 2.45) is 5.92 Å². The molecule has 1 aliphatic heterocycles. The van der Waals surface area contributed by atoms with Gasteiger partial charge in [0.2, 0.25) is 10.0 Å². The highest BCUT2D eigenvalue weighted by atomic mass is 79.9. The largest absolute Gasteiger partial charge is 0.348 e. The molecule has 0 spiro atoms. The smallest absolute Gasteiger partial charge is 0.295 e. The summed E-state index contributed by atoms with van der Waals surface area (Å²) in [5, 5.41) is 0. The van der Waals surface area contributed by atoms with E-state index >= 15 is 0 Å². The van der Waals surface area contributed by atoms with Gasteiger partial charge in [-0.25, -0.2) is 17.5 Å². The Hall–Kier alpha value is -0.730. The van der Waals surface area contributed by atoms with Crippen LogP contribution in [0.15, 0.2) is 9.27 Å². The number of sulfonamides is 1. The van der Waals surface area contributed by atoms with Gasteiger partial charge in [-0.15, -0.1) is 0 Å². The highest BCUT2D eigenvalue weighted by molar-refractivity contribution is 9.10. The second kappa shape index (κ2) is 6.18. The third-order valence-corrected chi connectivity index (χ3v) is 6.34. The van der Waals surface area contributed by atoms with Crippen LogP contribution in [0.2, 0.25) is 0 Å². The SMILES string of the molecule is Cc1nc(=O)n(CC2CCCN(S(C)(=O)=O)C2)c(C)c1Br. The third-order valence-electron chi connectivity index (χ3n) is 3.93. The number of nitrogens with zero attached hydrogens (tertiary/aromatic N) is 3. The van der Waals surface area contributed by atoms with Gasteiger partial charge in [-0.2, -0.15) is 4.98 Å². The minimum atomic E-state index is -3.17. The first kappa shape index (κ1) is 16.6. The Morgan fingerprint density at radius 2 is 2.05 bits per heavy atom. The van der Waals surface area contributed by atoms with E-state index in [0.29, 0.717) is 25.3 Å². The second-order valence-corrected chi connectivity index (χ2v) is 8.39. The van der Waals surface area contributed by atoms with Crippen molar-refractivity contribution < 1.29 is 8.42 Å². The normalized spacial score (nSPS) is 20.7. The van der Waals surface area contributed by atoms with Crippen LogP contribution < -0.4 is 5.69 Å². The van der Waals surface area contributed by atoms with E-state index in [9.17, 15) is 13.2 Å². The Labute approximate surface area is 133 Å². The Bertz CT molecular complexity index is 699. The fraction of sp³-hybridized carbons (Fsp3) is 0.692. The molecule has 0 saturated carbocycles. The third kappa shape index (κ3) is 3.73. The van der Waals surface area contributed by atoms with Gasteiger partial charge in [-0.1, -0.05) is 0 Å². The summed E-state index contributed by atoms with van der Waals surface area (Å²) >= 11 is 3.44. The Morgan fingerprint density at radius 1 is 1.38 bits per heavy atom. The van der Waals surface area contributed by atoms with E-state index in [0.717, 1.165) is 23.0 Å². The number of piperidine rings is 1. The van der Waals surface area contributed by atoms with Crippen molar-refractivity contribution in [1.82, 2.24) is 13.9 Å². The molecule has 1 aliphatic rings. The van der Waals surface area contributed by atoms with Crippen molar-refractivity contribution in [3.63, 3.8) is 0 Å². The van der Waals surface area contributed by atoms with Crippen molar-refractivity contribution in [1.29, 1.82) is 0 Å². The zero-order valence-corrected chi connectivity index (χ0v) is 14.9. The summed E-state index contributed by atoms with van der Waals surface area (Å²) in [5.74, 6) is 0.140. The van der Waals surface area contributed by atoms with Crippen molar-refractivity contribution in [2.75, 3.05) is 19.3 Å². The molecule has 1 aromatic rings. The standard InChI is InChI=1S/C13H20BrN3O3S/c1-9-12(14)10(2)17(13(18)15-9)8-11-5-4-6-16(7-11)21(3,19)20/h11H,4-8H2,1-3H3. The maximum absolute atomic E-state index is 12.1. The summed E-state index contributed by atoms with van der Waals surface area (Å²) < 4.78 is 27.3. The van der Waals surface area contributed by atoms with Crippen LogP contribution in [0.25, 0.3) is 0 Å². The summed E-state index contributed by atoms with van der Waals surface area (Å²) in [6.45, 7) is 5.20. The molecule has 118 valence electrons. The van der Waals surface area contributed by atoms with Gasteiger partial charge in [-0.3, -0.25) is 4.57 Å². The average Bonchev–Trinajstić information content (AvgIpc) is 2.41. The lowest BCUT2D eigenvalue weighted by molar-refractivity contribution is 0.243. The zero-order chi connectivity index (χ0) is 15.8. The van der Waals surface area contributed by atoms with E-state index in [2.05, 4.69) is 20.9 Å². The highest BCUT2D eigenvalue weighted by Crippen LogP contribution is 2.22. The summed E-state index contributed by atoms with van der Waals surface area (Å²) in [7, 11) is -3.17. The number of hydrogen-bond acceptors (Lipinski definition) is 4. The molecule has 0 N–H and O–H groups in total. The van der Waals surface area contributed by atoms with Crippen LogP contribution in [0, 0.1) is 19.8 Å². The molecule has 8 heteroatoms. The number of rotatable bonds is 3. The molecular formula is C13H20BrN3O3S. The van der Waals surface area contributed by atoms with Crippen LogP contribution in [0.1, 0.15) is 24.2 Å². The van der Waals surface area contributed by atoms with Gasteiger partial charge in [0.25, 0.3) is 0 Å². The van der Waals surface area contributed by atoms with E-state index in [-0.39, 0.29) is 11.6 Å². The molecule has 1 fully saturated rings. The molecule has 0 bridgehead atoms. The molecule has 0 aromatic carbocycles. The van der Waals surface area contributed by atoms with Gasteiger partial charge >= 0.3 is 5.69 Å². The number of aromatic nitrogens is 2. The number of hydrogen-bond donors (Lipinski definition) is 0. The van der Waals surface area contributed by atoms with Gasteiger partial charge in [0.05, 0.1) is 16.4 Å². The Kier molecular flexibility index (Phi) is 4.89. The van der Waals surface area contributed by atoms with E-state index in [1.165, 1.54) is 10.6 Å². The molecule has 0 amide bonds. The summed E-state index contributed by atoms with van der Waals surface area (Å²) in [4.78, 5) is 16.1. The van der Waals surface area contributed by atoms with Gasteiger partial charge < -0.3 is 0 Å². The summed E-state index contributed by atoms with van der Waals surface area (Å²) in [6, 6.07) is 0. The van der Waals surface area contributed by atoms with Crippen molar-refractivity contribution in [2.45, 2.75) is 33.2 Å². The maximum Gasteiger partial charge on any atom is 0.348 e. The molecule has 0 radical (unpaired) electrons. The minimum absolute atomic E-state index is 0.140. The van der Waals surface area contributed by atoms with E-state index < -0.39 is 10.0 Å². The maximum atomic E-state index is 12.1. The Morgan fingerprint density at radius 3 is 2.67 bits per heavy atom. The summed E-state index contributed by atoms with van der Waals surface area (Å²) in [6.07, 6.45) is 2.98. The second-order valence-electron chi connectivity index (χ2n) is 5.62. The van der Waals surface area contributed by atoms with Gasteiger partial charge in [0, 0.05) is 25.3 Å². The van der Waals surface area contributed by atoms with Crippen molar-refractivity contribution in [3.05, 3.63) is 26.3 Å². The molecule has 1 atom stereocenters. The topological polar surface area (TPSA) is 72.3 Å². The van der Waals surface area contributed by atoms with Crippen molar-refractivity contribution in [3.8, 4) is 0 Å². The van der Waals surface area contributed by atoms with Crippen LogP contribution in [0.4, 0.5) is 0 Å². The van der Waals surface area contributed by atoms with Gasteiger partial charge in [0.15, 0.2) is 0 Å². The highest BCUT2D eigenvalue weighted by Gasteiger charge is 2.26. The zero-order valence-electron chi connectivity index (χ0n) is 12.5. The van der Waals surface area contributed by atoms with E-state index in [4.69, 9.17) is 0 Å². The van der Waals surface area contributed by atoms with Crippen LogP contribution in [-0.2, 0) is 16.6 Å². The van der Waals surface area contributed by atoms with E-state index in [1.807, 2.05) is 6.92 Å². The molecular weight excluding hydrogens is 358 g/mol. The van der Waals surface area contributed by atoms with Crippen LogP contribution in [-0.4, -0.2) is 41.6 Å². The molecule has 1 aromatic heterocycles. The average molecular weight is 378 g/mol. The first-order valence-electron chi connectivity index (χ1n) is 6.89. The minimum Gasteiger partial charge on any atom is -0.295 e. The molecule has 1 unspecified atom stereocenters. The lowest BCUT2D eigenvalue weighted by Gasteiger charge is -2.31. The molecule has 1 saturated heterocycles. The number of halogens is 1. The number of aryl methyl sites for hydroxylation is 1. The van der Waals surface area contributed by atoms with Gasteiger partial charge in [-0.05, 0) is 48.5 Å². The molecule has 21 heavy (non-hydrogen) atoms. The summed E-state index contributed by atoms with van der Waals surface area (Å²) in [5.41, 5.74) is 1.24. The molecule has 2 rings (SSSR count). The fourth-order valence-electron chi connectivity index (χ4n) is 2.73. The lowest BCUT2D eigenvalue weighted by atomic mass is 9.99. The fourth-order valence-corrected chi connectivity index (χ4v) is 3.97. The van der Waals surface area contributed by atoms with Gasteiger partial charge in [0.1, 0.15) is 0 Å². The predicted molar refractivity (Wildman–Crippen MR) is 84.8 cm³/mol. The Balaban J connectivity index is 2.23. The first-order valence-corrected chi connectivity index (χ1v) is 9.53. The predicted octanol–water partition coefficient (Wildman–Crippen LogP) is 1.29. The monoisotopic (exact) mass is 377 g/mol. The van der Waals surface area contributed by atoms with Crippen LogP contribution in [0.5, 0.6) is 0 Å². The molecule has 2 heterocycles. The quantitative estimate of drug-likeness (QED) is 0.795. The van der Waals surface area contributed by atoms with Crippen LogP contribution >= 0.6 is 15.9 Å². The first-order chi connectivity index (χ1) is 9.70. The van der Waals surface area contributed by atoms with Crippen molar-refractivity contribution >= 4 is 26.0 Å². The molecule has 0 aliphatic carbocycles. The molecule has 6 nitrogen and oxygen atoms in total. The van der Waals surface area contributed by atoms with Crippen LogP contribution in [0.3, 0.4) is 0 Å².